The molecule has 1 unspecified atom stereocenters. The van der Waals surface area contributed by atoms with Gasteiger partial charge in [0.05, 0.1) is 12.7 Å². The predicted octanol–water partition coefficient (Wildman–Crippen LogP) is 1.87. The molecule has 0 aliphatic rings. The number of aliphatic hydroxyl groups excluding tert-OH is 1. The maximum atomic E-state index is 13.5. The summed E-state index contributed by atoms with van der Waals surface area (Å²) < 4.78 is 18.5. The lowest BCUT2D eigenvalue weighted by atomic mass is 10.1. The highest BCUT2D eigenvalue weighted by atomic mass is 19.1. The Hall–Kier alpha value is -1.13. The Bertz CT molecular complexity index is 331. The van der Waals surface area contributed by atoms with Gasteiger partial charge in [0.1, 0.15) is 0 Å². The fraction of sp³-hybridized carbons (Fsp3) is 0.500. The molecule has 0 radical (unpaired) electrons. The van der Waals surface area contributed by atoms with Gasteiger partial charge in [0.15, 0.2) is 11.6 Å². The summed E-state index contributed by atoms with van der Waals surface area (Å²) in [4.78, 5) is 0. The van der Waals surface area contributed by atoms with Crippen molar-refractivity contribution in [3.63, 3.8) is 0 Å². The molecule has 1 rings (SSSR count). The third-order valence-corrected chi connectivity index (χ3v) is 2.23. The average Bonchev–Trinajstić information content (AvgIpc) is 2.29. The van der Waals surface area contributed by atoms with Crippen LogP contribution in [0.4, 0.5) is 4.39 Å². The number of aliphatic hydroxyl groups is 1. The van der Waals surface area contributed by atoms with Crippen molar-refractivity contribution in [2.45, 2.75) is 20.0 Å². The first kappa shape index (κ1) is 12.9. The van der Waals surface area contributed by atoms with Crippen LogP contribution < -0.4 is 10.1 Å². The first-order valence-electron chi connectivity index (χ1n) is 5.50. The summed E-state index contributed by atoms with van der Waals surface area (Å²) in [6.45, 7) is 5.37. The van der Waals surface area contributed by atoms with Crippen LogP contribution in [0.5, 0.6) is 5.75 Å². The summed E-state index contributed by atoms with van der Waals surface area (Å²) in [5.74, 6) is -0.211. The molecule has 2 N–H and O–H groups in total. The van der Waals surface area contributed by atoms with Gasteiger partial charge >= 0.3 is 0 Å². The second kappa shape index (κ2) is 6.45. The SMILES string of the molecule is CCNCC(O)c1ccc(OCC)c(F)c1. The van der Waals surface area contributed by atoms with Crippen LogP contribution in [0.3, 0.4) is 0 Å². The highest BCUT2D eigenvalue weighted by Gasteiger charge is 2.10. The highest BCUT2D eigenvalue weighted by Crippen LogP contribution is 2.21. The van der Waals surface area contributed by atoms with E-state index in [2.05, 4.69) is 5.32 Å². The van der Waals surface area contributed by atoms with Crippen LogP contribution in [0.1, 0.15) is 25.5 Å². The van der Waals surface area contributed by atoms with Gasteiger partial charge in [-0.2, -0.15) is 0 Å². The zero-order valence-corrected chi connectivity index (χ0v) is 9.66. The Kier molecular flexibility index (Phi) is 5.22. The van der Waals surface area contributed by atoms with Gasteiger partial charge in [-0.25, -0.2) is 4.39 Å². The van der Waals surface area contributed by atoms with E-state index in [1.54, 1.807) is 19.1 Å². The Labute approximate surface area is 95.2 Å². The number of nitrogens with one attached hydrogen (secondary N) is 1. The van der Waals surface area contributed by atoms with Gasteiger partial charge in [-0.1, -0.05) is 13.0 Å². The third kappa shape index (κ3) is 3.47. The molecule has 0 heterocycles. The van der Waals surface area contributed by atoms with E-state index in [0.717, 1.165) is 6.54 Å². The van der Waals surface area contributed by atoms with E-state index in [0.29, 0.717) is 18.7 Å². The molecule has 3 nitrogen and oxygen atoms in total. The van der Waals surface area contributed by atoms with Crippen molar-refractivity contribution in [2.75, 3.05) is 19.7 Å². The van der Waals surface area contributed by atoms with E-state index < -0.39 is 11.9 Å². The molecule has 0 bridgehead atoms. The van der Waals surface area contributed by atoms with Gasteiger partial charge in [-0.3, -0.25) is 0 Å². The van der Waals surface area contributed by atoms with Crippen LogP contribution in [-0.4, -0.2) is 24.8 Å². The van der Waals surface area contributed by atoms with Crippen molar-refractivity contribution in [1.29, 1.82) is 0 Å². The topological polar surface area (TPSA) is 41.5 Å². The minimum Gasteiger partial charge on any atom is -0.491 e. The molecule has 0 aromatic heterocycles. The molecule has 0 aliphatic carbocycles. The van der Waals surface area contributed by atoms with Gasteiger partial charge in [0, 0.05) is 6.54 Å². The molecule has 0 aliphatic heterocycles. The normalized spacial score (nSPS) is 12.5. The van der Waals surface area contributed by atoms with E-state index in [-0.39, 0.29) is 5.75 Å². The molecule has 0 spiro atoms. The van der Waals surface area contributed by atoms with Gasteiger partial charge in [0.25, 0.3) is 0 Å². The molecule has 90 valence electrons. The van der Waals surface area contributed by atoms with Crippen molar-refractivity contribution < 1.29 is 14.2 Å². The van der Waals surface area contributed by atoms with Crippen LogP contribution >= 0.6 is 0 Å². The van der Waals surface area contributed by atoms with Gasteiger partial charge in [-0.15, -0.1) is 0 Å². The maximum absolute atomic E-state index is 13.5. The molecule has 1 atom stereocenters. The van der Waals surface area contributed by atoms with Crippen LogP contribution in [-0.2, 0) is 0 Å². The summed E-state index contributed by atoms with van der Waals surface area (Å²) in [5, 5.41) is 12.7. The first-order valence-corrected chi connectivity index (χ1v) is 5.50. The Morgan fingerprint density at radius 1 is 1.44 bits per heavy atom. The van der Waals surface area contributed by atoms with Gasteiger partial charge < -0.3 is 15.2 Å². The summed E-state index contributed by atoms with van der Waals surface area (Å²) in [6.07, 6.45) is -0.690. The Morgan fingerprint density at radius 2 is 2.19 bits per heavy atom. The van der Waals surface area contributed by atoms with Gasteiger partial charge in [-0.05, 0) is 31.2 Å². The van der Waals surface area contributed by atoms with Crippen LogP contribution in [0.15, 0.2) is 18.2 Å². The molecular formula is C12H18FNO2. The largest absolute Gasteiger partial charge is 0.491 e. The van der Waals surface area contributed by atoms with Crippen molar-refractivity contribution in [3.8, 4) is 5.75 Å². The lowest BCUT2D eigenvalue weighted by Gasteiger charge is -2.12. The highest BCUT2D eigenvalue weighted by molar-refractivity contribution is 5.30. The molecule has 0 fully saturated rings. The second-order valence-electron chi connectivity index (χ2n) is 3.45. The average molecular weight is 227 g/mol. The van der Waals surface area contributed by atoms with Crippen molar-refractivity contribution in [2.24, 2.45) is 0 Å². The summed E-state index contributed by atoms with van der Waals surface area (Å²) in [5.41, 5.74) is 0.557. The monoisotopic (exact) mass is 227 g/mol. The zero-order valence-electron chi connectivity index (χ0n) is 9.66. The van der Waals surface area contributed by atoms with Gasteiger partial charge in [0.2, 0.25) is 0 Å². The van der Waals surface area contributed by atoms with Crippen LogP contribution in [0, 0.1) is 5.82 Å². The smallest absolute Gasteiger partial charge is 0.165 e. The molecule has 1 aromatic carbocycles. The Morgan fingerprint density at radius 3 is 2.75 bits per heavy atom. The van der Waals surface area contributed by atoms with Crippen molar-refractivity contribution in [1.82, 2.24) is 5.32 Å². The molecule has 1 aromatic rings. The number of ether oxygens (including phenoxy) is 1. The number of rotatable bonds is 6. The fourth-order valence-corrected chi connectivity index (χ4v) is 1.40. The third-order valence-electron chi connectivity index (χ3n) is 2.23. The summed E-state index contributed by atoms with van der Waals surface area (Å²) in [6, 6.07) is 4.53. The number of benzene rings is 1. The Balaban J connectivity index is 2.71. The number of likely N-dealkylation sites (N-methyl/N-ethyl adjacent to an activating group) is 1. The van der Waals surface area contributed by atoms with Crippen molar-refractivity contribution in [3.05, 3.63) is 29.6 Å². The molecule has 0 saturated heterocycles. The van der Waals surface area contributed by atoms with E-state index in [1.807, 2.05) is 6.92 Å². The van der Waals surface area contributed by atoms with Crippen LogP contribution in [0.2, 0.25) is 0 Å². The molecular weight excluding hydrogens is 209 g/mol. The first-order chi connectivity index (χ1) is 7.69. The number of halogens is 1. The van der Waals surface area contributed by atoms with Crippen LogP contribution in [0.25, 0.3) is 0 Å². The standard InChI is InChI=1S/C12H18FNO2/c1-3-14-8-11(15)9-5-6-12(16-4-2)10(13)7-9/h5-7,11,14-15H,3-4,8H2,1-2H3. The maximum Gasteiger partial charge on any atom is 0.165 e. The molecule has 4 heteroatoms. The minimum absolute atomic E-state index is 0.224. The molecule has 0 saturated carbocycles. The predicted molar refractivity (Wildman–Crippen MR) is 61.1 cm³/mol. The van der Waals surface area contributed by atoms with E-state index in [4.69, 9.17) is 4.74 Å². The summed E-state index contributed by atoms with van der Waals surface area (Å²) >= 11 is 0. The summed E-state index contributed by atoms with van der Waals surface area (Å²) in [7, 11) is 0. The van der Waals surface area contributed by atoms with E-state index >= 15 is 0 Å². The lowest BCUT2D eigenvalue weighted by molar-refractivity contribution is 0.175. The number of hydrogen-bond donors (Lipinski definition) is 2. The van der Waals surface area contributed by atoms with E-state index in [9.17, 15) is 9.50 Å². The number of hydrogen-bond acceptors (Lipinski definition) is 3. The quantitative estimate of drug-likeness (QED) is 0.779. The zero-order chi connectivity index (χ0) is 12.0. The minimum atomic E-state index is -0.690. The van der Waals surface area contributed by atoms with E-state index in [1.165, 1.54) is 6.07 Å². The molecule has 16 heavy (non-hydrogen) atoms. The second-order valence-corrected chi connectivity index (χ2v) is 3.45. The fourth-order valence-electron chi connectivity index (χ4n) is 1.40. The van der Waals surface area contributed by atoms with Crippen molar-refractivity contribution >= 4 is 0 Å². The molecule has 0 amide bonds. The lowest BCUT2D eigenvalue weighted by Crippen LogP contribution is -2.20.